The number of aryl methyl sites for hydroxylation is 2. The summed E-state index contributed by atoms with van der Waals surface area (Å²) in [5.41, 5.74) is 1.98. The number of carbonyl (C=O) groups excluding carboxylic acids is 1. The third kappa shape index (κ3) is 3.56. The van der Waals surface area contributed by atoms with Gasteiger partial charge in [0.25, 0.3) is 5.56 Å². The molecule has 1 amide bonds. The second-order valence-corrected chi connectivity index (χ2v) is 9.51. The number of likely N-dealkylation sites (tertiary alicyclic amines) is 1. The molecule has 0 spiro atoms. The van der Waals surface area contributed by atoms with E-state index < -0.39 is 0 Å². The number of fused-ring (bicyclic) bond motifs is 3. The van der Waals surface area contributed by atoms with E-state index in [0.29, 0.717) is 11.9 Å². The maximum atomic E-state index is 13.3. The zero-order valence-corrected chi connectivity index (χ0v) is 19.2. The highest BCUT2D eigenvalue weighted by molar-refractivity contribution is 7.18. The van der Waals surface area contributed by atoms with Crippen LogP contribution in [0.15, 0.2) is 29.3 Å². The summed E-state index contributed by atoms with van der Waals surface area (Å²) < 4.78 is 12.4. The molecule has 7 nitrogen and oxygen atoms in total. The summed E-state index contributed by atoms with van der Waals surface area (Å²) in [7, 11) is 3.26. The molecule has 2 aliphatic rings. The molecule has 1 unspecified atom stereocenters. The van der Waals surface area contributed by atoms with Crippen molar-refractivity contribution < 1.29 is 14.3 Å². The number of benzene rings is 1. The van der Waals surface area contributed by atoms with Crippen LogP contribution >= 0.6 is 11.3 Å². The highest BCUT2D eigenvalue weighted by atomic mass is 32.1. The van der Waals surface area contributed by atoms with Crippen LogP contribution in [0.4, 0.5) is 0 Å². The van der Waals surface area contributed by atoms with Crippen LogP contribution in [0.3, 0.4) is 0 Å². The minimum atomic E-state index is -0.103. The van der Waals surface area contributed by atoms with Gasteiger partial charge < -0.3 is 14.4 Å². The molecular weight excluding hydrogens is 426 g/mol. The first-order valence-corrected chi connectivity index (χ1v) is 11.9. The Hall–Kier alpha value is -2.87. The summed E-state index contributed by atoms with van der Waals surface area (Å²) in [5, 5.41) is 0.715. The Morgan fingerprint density at radius 3 is 2.84 bits per heavy atom. The average molecular weight is 454 g/mol. The van der Waals surface area contributed by atoms with Crippen LogP contribution in [0.25, 0.3) is 10.2 Å². The summed E-state index contributed by atoms with van der Waals surface area (Å²) in [6.45, 7) is 0.650. The van der Waals surface area contributed by atoms with Crippen LogP contribution in [0.2, 0.25) is 0 Å². The Balaban J connectivity index is 1.44. The Bertz CT molecular complexity index is 1230. The fourth-order valence-electron chi connectivity index (χ4n) is 5.02. The predicted molar refractivity (Wildman–Crippen MR) is 124 cm³/mol. The molecule has 0 N–H and O–H groups in total. The van der Waals surface area contributed by atoms with Crippen molar-refractivity contribution >= 4 is 27.5 Å². The molecule has 1 fully saturated rings. The number of ether oxygens (including phenoxy) is 2. The van der Waals surface area contributed by atoms with Gasteiger partial charge in [-0.25, -0.2) is 4.98 Å². The van der Waals surface area contributed by atoms with Gasteiger partial charge in [-0.05, 0) is 62.3 Å². The van der Waals surface area contributed by atoms with E-state index in [1.165, 1.54) is 15.8 Å². The number of rotatable bonds is 5. The molecule has 3 heterocycles. The SMILES string of the molecule is COc1ccc(OC)c(C2CCCN2C(=O)Cn2cnc3sc4c(c3c2=O)CCCC4)c1. The maximum absolute atomic E-state index is 13.3. The van der Waals surface area contributed by atoms with Crippen LogP contribution in [-0.2, 0) is 24.2 Å². The number of carbonyl (C=O) groups is 1. The molecule has 1 saturated heterocycles. The van der Waals surface area contributed by atoms with E-state index in [9.17, 15) is 9.59 Å². The van der Waals surface area contributed by atoms with Crippen molar-refractivity contribution in [2.45, 2.75) is 51.1 Å². The van der Waals surface area contributed by atoms with Gasteiger partial charge >= 0.3 is 0 Å². The topological polar surface area (TPSA) is 73.7 Å². The van der Waals surface area contributed by atoms with E-state index in [-0.39, 0.29) is 24.1 Å². The zero-order chi connectivity index (χ0) is 22.2. The van der Waals surface area contributed by atoms with E-state index in [1.807, 2.05) is 23.1 Å². The van der Waals surface area contributed by atoms with Crippen LogP contribution in [0.5, 0.6) is 11.5 Å². The molecule has 168 valence electrons. The Kier molecular flexibility index (Phi) is 5.63. The third-order valence-electron chi connectivity index (χ3n) is 6.62. The number of amides is 1. The monoisotopic (exact) mass is 453 g/mol. The standard InChI is InChI=1S/C24H27N3O4S/c1-30-15-9-10-19(31-2)17(12-15)18-7-5-11-27(18)21(28)13-26-14-25-23-22(24(26)29)16-6-3-4-8-20(16)32-23/h9-10,12,14,18H,3-8,11,13H2,1-2H3. The van der Waals surface area contributed by atoms with E-state index >= 15 is 0 Å². The van der Waals surface area contributed by atoms with Gasteiger partial charge in [-0.3, -0.25) is 14.2 Å². The lowest BCUT2D eigenvalue weighted by Gasteiger charge is -2.27. The number of methoxy groups -OCH3 is 2. The van der Waals surface area contributed by atoms with Crippen molar-refractivity contribution in [2.24, 2.45) is 0 Å². The molecule has 0 radical (unpaired) electrons. The molecule has 1 aromatic carbocycles. The predicted octanol–water partition coefficient (Wildman–Crippen LogP) is 3.72. The van der Waals surface area contributed by atoms with Gasteiger partial charge in [-0.15, -0.1) is 11.3 Å². The molecule has 32 heavy (non-hydrogen) atoms. The fourth-order valence-corrected chi connectivity index (χ4v) is 6.24. The summed E-state index contributed by atoms with van der Waals surface area (Å²) in [4.78, 5) is 35.1. The van der Waals surface area contributed by atoms with Crippen molar-refractivity contribution in [3.8, 4) is 11.5 Å². The fraction of sp³-hybridized carbons (Fsp3) is 0.458. The normalized spacial score (nSPS) is 18.1. The molecule has 1 aliphatic heterocycles. The van der Waals surface area contributed by atoms with E-state index in [0.717, 1.165) is 66.0 Å². The first-order valence-electron chi connectivity index (χ1n) is 11.1. The lowest BCUT2D eigenvalue weighted by atomic mass is 9.97. The maximum Gasteiger partial charge on any atom is 0.262 e. The van der Waals surface area contributed by atoms with Crippen LogP contribution in [0.1, 0.15) is 47.7 Å². The molecule has 2 aromatic heterocycles. The largest absolute Gasteiger partial charge is 0.497 e. The molecule has 0 bridgehead atoms. The minimum absolute atomic E-state index is 0.00478. The molecule has 1 aliphatic carbocycles. The molecule has 0 saturated carbocycles. The van der Waals surface area contributed by atoms with Gasteiger partial charge in [0.1, 0.15) is 22.9 Å². The number of thiophene rings is 1. The number of nitrogens with zero attached hydrogens (tertiary/aromatic N) is 3. The van der Waals surface area contributed by atoms with Crippen molar-refractivity contribution in [3.63, 3.8) is 0 Å². The number of hydrogen-bond acceptors (Lipinski definition) is 6. The van der Waals surface area contributed by atoms with Crippen molar-refractivity contribution in [1.82, 2.24) is 14.5 Å². The average Bonchev–Trinajstić information content (AvgIpc) is 3.45. The van der Waals surface area contributed by atoms with Crippen molar-refractivity contribution in [1.29, 1.82) is 0 Å². The quantitative estimate of drug-likeness (QED) is 0.589. The van der Waals surface area contributed by atoms with Gasteiger partial charge in [-0.2, -0.15) is 0 Å². The highest BCUT2D eigenvalue weighted by Gasteiger charge is 2.32. The van der Waals surface area contributed by atoms with E-state index in [4.69, 9.17) is 9.47 Å². The smallest absolute Gasteiger partial charge is 0.262 e. The Labute approximate surface area is 190 Å². The van der Waals surface area contributed by atoms with Gasteiger partial charge in [0.15, 0.2) is 0 Å². The Morgan fingerprint density at radius 1 is 1.19 bits per heavy atom. The summed E-state index contributed by atoms with van der Waals surface area (Å²) in [5.74, 6) is 1.39. The Morgan fingerprint density at radius 2 is 2.03 bits per heavy atom. The van der Waals surface area contributed by atoms with E-state index in [2.05, 4.69) is 4.98 Å². The first-order chi connectivity index (χ1) is 15.6. The summed E-state index contributed by atoms with van der Waals surface area (Å²) in [6, 6.07) is 5.56. The number of hydrogen-bond donors (Lipinski definition) is 0. The second kappa shape index (κ2) is 8.58. The van der Waals surface area contributed by atoms with Gasteiger partial charge in [-0.1, -0.05) is 0 Å². The first kappa shape index (κ1) is 21.0. The summed E-state index contributed by atoms with van der Waals surface area (Å²) in [6.07, 6.45) is 7.49. The molecular formula is C24H27N3O4S. The van der Waals surface area contributed by atoms with Crippen LogP contribution in [0, 0.1) is 0 Å². The van der Waals surface area contributed by atoms with E-state index in [1.54, 1.807) is 25.6 Å². The minimum Gasteiger partial charge on any atom is -0.497 e. The van der Waals surface area contributed by atoms with Gasteiger partial charge in [0.05, 0.1) is 32.0 Å². The van der Waals surface area contributed by atoms with Crippen LogP contribution < -0.4 is 15.0 Å². The number of aromatic nitrogens is 2. The third-order valence-corrected chi connectivity index (χ3v) is 7.82. The van der Waals surface area contributed by atoms with Gasteiger partial charge in [0, 0.05) is 17.0 Å². The summed E-state index contributed by atoms with van der Waals surface area (Å²) >= 11 is 1.63. The zero-order valence-electron chi connectivity index (χ0n) is 18.4. The molecule has 3 aromatic rings. The lowest BCUT2D eigenvalue weighted by molar-refractivity contribution is -0.132. The molecule has 1 atom stereocenters. The van der Waals surface area contributed by atoms with Crippen LogP contribution in [-0.4, -0.2) is 41.1 Å². The van der Waals surface area contributed by atoms with Crippen molar-refractivity contribution in [2.75, 3.05) is 20.8 Å². The lowest BCUT2D eigenvalue weighted by Crippen LogP contribution is -2.36. The second-order valence-electron chi connectivity index (χ2n) is 8.42. The van der Waals surface area contributed by atoms with Gasteiger partial charge in [0.2, 0.25) is 5.91 Å². The molecule has 8 heteroatoms. The van der Waals surface area contributed by atoms with Crippen molar-refractivity contribution in [3.05, 3.63) is 50.9 Å². The highest BCUT2D eigenvalue weighted by Crippen LogP contribution is 2.39. The molecule has 5 rings (SSSR count).